The van der Waals surface area contributed by atoms with Crippen LogP contribution in [0.3, 0.4) is 0 Å². The summed E-state index contributed by atoms with van der Waals surface area (Å²) in [6.45, 7) is 2.71. The van der Waals surface area contributed by atoms with Gasteiger partial charge in [0.1, 0.15) is 11.6 Å². The normalized spacial score (nSPS) is 13.2. The SMILES string of the molecule is Cc1ccc(F)cc1-c1cc(N2CC=Cc3cc(Cl)ccc32)n(C)n1. The zero-order valence-corrected chi connectivity index (χ0v) is 14.8. The van der Waals surface area contributed by atoms with E-state index in [9.17, 15) is 4.39 Å². The molecule has 0 aliphatic carbocycles. The molecule has 25 heavy (non-hydrogen) atoms. The second-order valence-corrected chi connectivity index (χ2v) is 6.62. The van der Waals surface area contributed by atoms with E-state index in [1.54, 1.807) is 6.07 Å². The highest BCUT2D eigenvalue weighted by atomic mass is 35.5. The largest absolute Gasteiger partial charge is 0.322 e. The standard InChI is InChI=1S/C20H17ClFN3/c1-13-5-7-16(22)11-17(13)18-12-20(24(2)23-18)25-9-3-4-14-10-15(21)6-8-19(14)25/h3-8,10-12H,9H2,1-2H3. The summed E-state index contributed by atoms with van der Waals surface area (Å²) in [6, 6.07) is 12.6. The van der Waals surface area contributed by atoms with Gasteiger partial charge in [0.25, 0.3) is 0 Å². The van der Waals surface area contributed by atoms with Crippen LogP contribution in [0.4, 0.5) is 15.9 Å². The van der Waals surface area contributed by atoms with Crippen LogP contribution in [-0.4, -0.2) is 16.3 Å². The Morgan fingerprint density at radius 1 is 1.12 bits per heavy atom. The lowest BCUT2D eigenvalue weighted by Crippen LogP contribution is -2.22. The van der Waals surface area contributed by atoms with E-state index in [1.165, 1.54) is 12.1 Å². The number of nitrogens with zero attached hydrogens (tertiary/aromatic N) is 3. The highest BCUT2D eigenvalue weighted by molar-refractivity contribution is 6.30. The van der Waals surface area contributed by atoms with E-state index < -0.39 is 0 Å². The summed E-state index contributed by atoms with van der Waals surface area (Å²) < 4.78 is 15.5. The van der Waals surface area contributed by atoms with Gasteiger partial charge in [0.2, 0.25) is 0 Å². The summed E-state index contributed by atoms with van der Waals surface area (Å²) in [7, 11) is 1.90. The Morgan fingerprint density at radius 2 is 1.96 bits per heavy atom. The molecule has 2 aromatic carbocycles. The number of fused-ring (bicyclic) bond motifs is 1. The highest BCUT2D eigenvalue weighted by Gasteiger charge is 2.20. The third kappa shape index (κ3) is 2.83. The Labute approximate surface area is 151 Å². The van der Waals surface area contributed by atoms with Gasteiger partial charge in [-0.15, -0.1) is 0 Å². The van der Waals surface area contributed by atoms with E-state index >= 15 is 0 Å². The first-order valence-corrected chi connectivity index (χ1v) is 8.45. The number of benzene rings is 2. The van der Waals surface area contributed by atoms with Gasteiger partial charge in [-0.2, -0.15) is 5.10 Å². The van der Waals surface area contributed by atoms with Crippen LogP contribution in [0, 0.1) is 12.7 Å². The lowest BCUT2D eigenvalue weighted by Gasteiger charge is -2.27. The Hall–Kier alpha value is -2.59. The maximum atomic E-state index is 13.7. The molecule has 0 unspecified atom stereocenters. The van der Waals surface area contributed by atoms with Crippen LogP contribution in [0.1, 0.15) is 11.1 Å². The minimum atomic E-state index is -0.256. The third-order valence-electron chi connectivity index (χ3n) is 4.47. The van der Waals surface area contributed by atoms with E-state index in [0.717, 1.165) is 40.4 Å². The molecule has 0 saturated heterocycles. The monoisotopic (exact) mass is 353 g/mol. The van der Waals surface area contributed by atoms with Crippen molar-refractivity contribution in [3.8, 4) is 11.3 Å². The number of halogens is 2. The number of hydrogen-bond acceptors (Lipinski definition) is 2. The van der Waals surface area contributed by atoms with Crippen molar-refractivity contribution in [2.24, 2.45) is 7.05 Å². The topological polar surface area (TPSA) is 21.1 Å². The molecule has 1 aliphatic heterocycles. The summed E-state index contributed by atoms with van der Waals surface area (Å²) in [5, 5.41) is 5.32. The first kappa shape index (κ1) is 15.9. The third-order valence-corrected chi connectivity index (χ3v) is 4.71. The van der Waals surface area contributed by atoms with Crippen molar-refractivity contribution >= 4 is 29.2 Å². The van der Waals surface area contributed by atoms with Gasteiger partial charge in [-0.3, -0.25) is 4.68 Å². The second kappa shape index (κ2) is 6.05. The lowest BCUT2D eigenvalue weighted by atomic mass is 10.1. The fourth-order valence-corrected chi connectivity index (χ4v) is 3.40. The molecular formula is C20H17ClFN3. The summed E-state index contributed by atoms with van der Waals surface area (Å²) in [4.78, 5) is 2.18. The first-order valence-electron chi connectivity index (χ1n) is 8.07. The van der Waals surface area contributed by atoms with Crippen LogP contribution < -0.4 is 4.90 Å². The van der Waals surface area contributed by atoms with Gasteiger partial charge in [-0.25, -0.2) is 4.39 Å². The van der Waals surface area contributed by atoms with Crippen molar-refractivity contribution in [1.29, 1.82) is 0 Å². The van der Waals surface area contributed by atoms with E-state index in [4.69, 9.17) is 11.6 Å². The average Bonchev–Trinajstić information content (AvgIpc) is 2.97. The maximum Gasteiger partial charge on any atom is 0.131 e. The quantitative estimate of drug-likeness (QED) is 0.619. The lowest BCUT2D eigenvalue weighted by molar-refractivity contribution is 0.627. The van der Waals surface area contributed by atoms with E-state index in [-0.39, 0.29) is 5.82 Å². The molecule has 0 fully saturated rings. The predicted molar refractivity (Wildman–Crippen MR) is 101 cm³/mol. The molecule has 0 radical (unpaired) electrons. The molecule has 0 bridgehead atoms. The van der Waals surface area contributed by atoms with Crippen LogP contribution in [-0.2, 0) is 7.05 Å². The molecule has 2 heterocycles. The number of aromatic nitrogens is 2. The van der Waals surface area contributed by atoms with Crippen molar-refractivity contribution in [3.05, 3.63) is 70.5 Å². The summed E-state index contributed by atoms with van der Waals surface area (Å²) in [5.41, 5.74) is 4.72. The van der Waals surface area contributed by atoms with Crippen molar-refractivity contribution in [2.45, 2.75) is 6.92 Å². The van der Waals surface area contributed by atoms with Gasteiger partial charge in [0.15, 0.2) is 0 Å². The van der Waals surface area contributed by atoms with Gasteiger partial charge < -0.3 is 4.90 Å². The molecule has 0 N–H and O–H groups in total. The van der Waals surface area contributed by atoms with E-state index in [2.05, 4.69) is 22.2 Å². The van der Waals surface area contributed by atoms with Gasteiger partial charge in [-0.05, 0) is 48.4 Å². The smallest absolute Gasteiger partial charge is 0.131 e. The molecule has 0 amide bonds. The number of hydrogen-bond donors (Lipinski definition) is 0. The Morgan fingerprint density at radius 3 is 2.80 bits per heavy atom. The Bertz CT molecular complexity index is 991. The minimum absolute atomic E-state index is 0.256. The molecule has 4 rings (SSSR count). The van der Waals surface area contributed by atoms with Crippen LogP contribution >= 0.6 is 11.6 Å². The number of aryl methyl sites for hydroxylation is 2. The molecule has 0 saturated carbocycles. The van der Waals surface area contributed by atoms with Crippen molar-refractivity contribution in [2.75, 3.05) is 11.4 Å². The van der Waals surface area contributed by atoms with Gasteiger partial charge in [-0.1, -0.05) is 29.8 Å². The van der Waals surface area contributed by atoms with E-state index in [1.807, 2.05) is 42.9 Å². The van der Waals surface area contributed by atoms with Crippen LogP contribution in [0.5, 0.6) is 0 Å². The number of anilines is 2. The molecule has 0 spiro atoms. The molecule has 126 valence electrons. The second-order valence-electron chi connectivity index (χ2n) is 6.19. The van der Waals surface area contributed by atoms with Gasteiger partial charge in [0.05, 0.1) is 11.4 Å². The number of rotatable bonds is 2. The molecule has 1 aliphatic rings. The Balaban J connectivity index is 1.80. The van der Waals surface area contributed by atoms with Crippen molar-refractivity contribution in [3.63, 3.8) is 0 Å². The molecule has 3 aromatic rings. The maximum absolute atomic E-state index is 13.7. The zero-order chi connectivity index (χ0) is 17.6. The van der Waals surface area contributed by atoms with Gasteiger partial charge >= 0.3 is 0 Å². The molecular weight excluding hydrogens is 337 g/mol. The minimum Gasteiger partial charge on any atom is -0.322 e. The van der Waals surface area contributed by atoms with Crippen LogP contribution in [0.2, 0.25) is 5.02 Å². The van der Waals surface area contributed by atoms with Crippen LogP contribution in [0.25, 0.3) is 17.3 Å². The first-order chi connectivity index (χ1) is 12.0. The summed E-state index contributed by atoms with van der Waals surface area (Å²) >= 11 is 6.11. The van der Waals surface area contributed by atoms with Crippen LogP contribution in [0.15, 0.2) is 48.5 Å². The molecule has 5 heteroatoms. The average molecular weight is 354 g/mol. The fraction of sp³-hybridized carbons (Fsp3) is 0.150. The summed E-state index contributed by atoms with van der Waals surface area (Å²) in [5.74, 6) is 0.695. The zero-order valence-electron chi connectivity index (χ0n) is 14.0. The van der Waals surface area contributed by atoms with E-state index in [0.29, 0.717) is 5.02 Å². The molecule has 1 aromatic heterocycles. The molecule has 0 atom stereocenters. The molecule has 3 nitrogen and oxygen atoms in total. The van der Waals surface area contributed by atoms with Gasteiger partial charge in [0, 0.05) is 30.2 Å². The summed E-state index contributed by atoms with van der Waals surface area (Å²) in [6.07, 6.45) is 4.17. The fourth-order valence-electron chi connectivity index (χ4n) is 3.22. The van der Waals surface area contributed by atoms with Crippen molar-refractivity contribution < 1.29 is 4.39 Å². The predicted octanol–water partition coefficient (Wildman–Crippen LogP) is 5.35. The highest BCUT2D eigenvalue weighted by Crippen LogP contribution is 2.36. The Kier molecular flexibility index (Phi) is 3.85. The van der Waals surface area contributed by atoms with Crippen molar-refractivity contribution in [1.82, 2.24) is 9.78 Å².